The van der Waals surface area contributed by atoms with Crippen molar-refractivity contribution in [2.45, 2.75) is 12.8 Å². The molecule has 0 radical (unpaired) electrons. The van der Waals surface area contributed by atoms with Gasteiger partial charge < -0.3 is 10.2 Å². The Kier molecular flexibility index (Phi) is 3.31. The Morgan fingerprint density at radius 3 is 2.71 bits per heavy atom. The van der Waals surface area contributed by atoms with Gasteiger partial charge in [0.25, 0.3) is 0 Å². The lowest BCUT2D eigenvalue weighted by molar-refractivity contribution is 0.0698. The molecule has 0 amide bonds. The van der Waals surface area contributed by atoms with Crippen molar-refractivity contribution < 1.29 is 15.0 Å². The normalized spacial score (nSPS) is 15.0. The molecule has 0 spiro atoms. The maximum atomic E-state index is 11.1. The van der Waals surface area contributed by atoms with E-state index in [0.29, 0.717) is 5.69 Å². The highest BCUT2D eigenvalue weighted by Crippen LogP contribution is 2.30. The van der Waals surface area contributed by atoms with Gasteiger partial charge in [-0.2, -0.15) is 5.10 Å². The van der Waals surface area contributed by atoms with E-state index in [2.05, 4.69) is 10.5 Å². The van der Waals surface area contributed by atoms with Gasteiger partial charge in [-0.15, -0.1) is 0 Å². The van der Waals surface area contributed by atoms with Gasteiger partial charge in [0, 0.05) is 11.1 Å². The van der Waals surface area contributed by atoms with Gasteiger partial charge in [-0.1, -0.05) is 24.3 Å². The van der Waals surface area contributed by atoms with Gasteiger partial charge in [0.1, 0.15) is 5.75 Å². The van der Waals surface area contributed by atoms with Crippen LogP contribution >= 0.6 is 0 Å². The zero-order valence-corrected chi connectivity index (χ0v) is 11.2. The summed E-state index contributed by atoms with van der Waals surface area (Å²) in [7, 11) is 0. The quantitative estimate of drug-likeness (QED) is 0.756. The van der Waals surface area contributed by atoms with Crippen LogP contribution in [-0.4, -0.2) is 21.9 Å². The van der Waals surface area contributed by atoms with E-state index in [4.69, 9.17) is 5.11 Å². The number of carboxylic acids is 1. The Labute approximate surface area is 121 Å². The Bertz CT molecular complexity index is 738. The summed E-state index contributed by atoms with van der Waals surface area (Å²) in [6.07, 6.45) is 1.46. The molecular weight excluding hydrogens is 268 g/mol. The van der Waals surface area contributed by atoms with Crippen LogP contribution in [0.2, 0.25) is 0 Å². The maximum absolute atomic E-state index is 11.1. The number of aromatic hydroxyl groups is 1. The van der Waals surface area contributed by atoms with Gasteiger partial charge in [0.15, 0.2) is 0 Å². The van der Waals surface area contributed by atoms with Crippen molar-refractivity contribution in [3.05, 3.63) is 59.2 Å². The second-order valence-electron chi connectivity index (χ2n) is 4.82. The second-order valence-corrected chi connectivity index (χ2v) is 4.82. The van der Waals surface area contributed by atoms with Crippen LogP contribution in [-0.2, 0) is 6.42 Å². The first kappa shape index (κ1) is 13.2. The predicted octanol–water partition coefficient (Wildman–Crippen LogP) is 2.85. The first-order chi connectivity index (χ1) is 10.2. The third-order valence-electron chi connectivity index (χ3n) is 3.54. The summed E-state index contributed by atoms with van der Waals surface area (Å²) >= 11 is 0. The number of phenols is 1. The van der Waals surface area contributed by atoms with Crippen molar-refractivity contribution in [3.8, 4) is 5.75 Å². The first-order valence-corrected chi connectivity index (χ1v) is 6.63. The molecule has 1 aliphatic carbocycles. The highest BCUT2D eigenvalue weighted by Gasteiger charge is 2.20. The summed E-state index contributed by atoms with van der Waals surface area (Å²) in [5.41, 5.74) is 6.08. The van der Waals surface area contributed by atoms with Gasteiger partial charge in [0.2, 0.25) is 0 Å². The standard InChI is InChI=1S/C16H14N2O3/c19-15-7-3-5-10-11(15)8-9-14(10)18-17-13-6-2-1-4-12(13)16(20)21/h1-7,17,19H,8-9H2,(H,20,21). The van der Waals surface area contributed by atoms with Gasteiger partial charge in [0.05, 0.1) is 17.0 Å². The number of benzene rings is 2. The van der Waals surface area contributed by atoms with E-state index >= 15 is 0 Å². The summed E-state index contributed by atoms with van der Waals surface area (Å²) in [5.74, 6) is -0.716. The molecule has 0 saturated heterocycles. The lowest BCUT2D eigenvalue weighted by Gasteiger charge is -2.06. The van der Waals surface area contributed by atoms with Crippen LogP contribution in [0.3, 0.4) is 0 Å². The van der Waals surface area contributed by atoms with E-state index in [0.717, 1.165) is 29.7 Å². The van der Waals surface area contributed by atoms with Gasteiger partial charge in [-0.25, -0.2) is 4.79 Å². The highest BCUT2D eigenvalue weighted by molar-refractivity contribution is 6.05. The number of phenolic OH excluding ortho intramolecular Hbond substituents is 1. The molecule has 0 aromatic heterocycles. The predicted molar refractivity (Wildman–Crippen MR) is 80.0 cm³/mol. The molecule has 5 nitrogen and oxygen atoms in total. The van der Waals surface area contributed by atoms with Crippen molar-refractivity contribution in [1.29, 1.82) is 0 Å². The molecule has 0 unspecified atom stereocenters. The lowest BCUT2D eigenvalue weighted by Crippen LogP contribution is -2.04. The minimum absolute atomic E-state index is 0.177. The minimum atomic E-state index is -0.997. The molecule has 106 valence electrons. The third kappa shape index (κ3) is 2.45. The Balaban J connectivity index is 1.90. The minimum Gasteiger partial charge on any atom is -0.508 e. The summed E-state index contributed by atoms with van der Waals surface area (Å²) < 4.78 is 0. The fourth-order valence-electron chi connectivity index (χ4n) is 2.50. The number of carbonyl (C=O) groups is 1. The molecular formula is C16H14N2O3. The van der Waals surface area contributed by atoms with Crippen LogP contribution in [0.15, 0.2) is 47.6 Å². The molecule has 0 saturated carbocycles. The fourth-order valence-corrected chi connectivity index (χ4v) is 2.50. The van der Waals surface area contributed by atoms with E-state index in [1.807, 2.05) is 6.07 Å². The molecule has 5 heteroatoms. The van der Waals surface area contributed by atoms with Crippen LogP contribution in [0.5, 0.6) is 5.75 Å². The van der Waals surface area contributed by atoms with Crippen molar-refractivity contribution >= 4 is 17.4 Å². The summed E-state index contributed by atoms with van der Waals surface area (Å²) in [4.78, 5) is 11.1. The van der Waals surface area contributed by atoms with Gasteiger partial charge in [-0.3, -0.25) is 5.43 Å². The fraction of sp³-hybridized carbons (Fsp3) is 0.125. The molecule has 0 aliphatic heterocycles. The number of para-hydroxylation sites is 1. The van der Waals surface area contributed by atoms with Gasteiger partial charge >= 0.3 is 5.97 Å². The first-order valence-electron chi connectivity index (χ1n) is 6.63. The van der Waals surface area contributed by atoms with Crippen molar-refractivity contribution in [2.75, 3.05) is 5.43 Å². The largest absolute Gasteiger partial charge is 0.508 e. The van der Waals surface area contributed by atoms with Crippen LogP contribution < -0.4 is 5.43 Å². The average Bonchev–Trinajstić information content (AvgIpc) is 2.90. The number of rotatable bonds is 3. The summed E-state index contributed by atoms with van der Waals surface area (Å²) in [6, 6.07) is 12.0. The Hall–Kier alpha value is -2.82. The number of anilines is 1. The van der Waals surface area contributed by atoms with E-state index in [9.17, 15) is 9.90 Å². The SMILES string of the molecule is O=C(O)c1ccccc1NN=C1CCc2c(O)cccc21. The zero-order valence-electron chi connectivity index (χ0n) is 11.2. The smallest absolute Gasteiger partial charge is 0.337 e. The summed E-state index contributed by atoms with van der Waals surface area (Å²) in [5, 5.41) is 23.2. The van der Waals surface area contributed by atoms with Crippen LogP contribution in [0.1, 0.15) is 27.9 Å². The molecule has 2 aromatic carbocycles. The lowest BCUT2D eigenvalue weighted by atomic mass is 10.1. The molecule has 3 rings (SSSR count). The molecule has 1 aliphatic rings. The van der Waals surface area contributed by atoms with Crippen LogP contribution in [0.4, 0.5) is 5.69 Å². The Morgan fingerprint density at radius 2 is 1.90 bits per heavy atom. The van der Waals surface area contributed by atoms with Crippen molar-refractivity contribution in [3.63, 3.8) is 0 Å². The molecule has 3 N–H and O–H groups in total. The van der Waals surface area contributed by atoms with Crippen molar-refractivity contribution in [1.82, 2.24) is 0 Å². The number of hydrogen-bond donors (Lipinski definition) is 3. The van der Waals surface area contributed by atoms with E-state index in [1.165, 1.54) is 6.07 Å². The Morgan fingerprint density at radius 1 is 1.10 bits per heavy atom. The van der Waals surface area contributed by atoms with Crippen molar-refractivity contribution in [2.24, 2.45) is 5.10 Å². The number of hydrazone groups is 1. The molecule has 2 aromatic rings. The molecule has 21 heavy (non-hydrogen) atoms. The zero-order chi connectivity index (χ0) is 14.8. The number of aromatic carboxylic acids is 1. The highest BCUT2D eigenvalue weighted by atomic mass is 16.4. The monoisotopic (exact) mass is 282 g/mol. The number of fused-ring (bicyclic) bond motifs is 1. The number of hydrogen-bond acceptors (Lipinski definition) is 4. The second kappa shape index (κ2) is 5.28. The van der Waals surface area contributed by atoms with E-state index in [-0.39, 0.29) is 11.3 Å². The summed E-state index contributed by atoms with van der Waals surface area (Å²) in [6.45, 7) is 0. The van der Waals surface area contributed by atoms with Crippen LogP contribution in [0.25, 0.3) is 0 Å². The maximum Gasteiger partial charge on any atom is 0.337 e. The average molecular weight is 282 g/mol. The number of nitrogens with one attached hydrogen (secondary N) is 1. The van der Waals surface area contributed by atoms with Gasteiger partial charge in [-0.05, 0) is 31.0 Å². The van der Waals surface area contributed by atoms with E-state index < -0.39 is 5.97 Å². The third-order valence-corrected chi connectivity index (χ3v) is 3.54. The molecule has 0 bridgehead atoms. The molecule has 0 heterocycles. The van der Waals surface area contributed by atoms with Crippen LogP contribution in [0, 0.1) is 0 Å². The number of nitrogens with zero attached hydrogens (tertiary/aromatic N) is 1. The van der Waals surface area contributed by atoms with E-state index in [1.54, 1.807) is 30.3 Å². The molecule has 0 atom stereocenters. The number of carboxylic acid groups (broad SMARTS) is 1. The molecule has 0 fully saturated rings. The topological polar surface area (TPSA) is 81.9 Å².